The van der Waals surface area contributed by atoms with Gasteiger partial charge >= 0.3 is 5.97 Å². The van der Waals surface area contributed by atoms with Gasteiger partial charge in [0.2, 0.25) is 5.91 Å². The smallest absolute Gasteiger partial charge is 0.313 e. The number of thioether (sulfide) groups is 1. The Morgan fingerprint density at radius 1 is 1.39 bits per heavy atom. The van der Waals surface area contributed by atoms with Crippen LogP contribution in [0.3, 0.4) is 0 Å². The number of anilines is 1. The zero-order valence-corrected chi connectivity index (χ0v) is 10.9. The lowest BCUT2D eigenvalue weighted by atomic mass is 10.1. The first-order chi connectivity index (χ1) is 8.59. The van der Waals surface area contributed by atoms with Crippen LogP contribution in [0.1, 0.15) is 12.5 Å². The molecular weight excluding hydrogens is 250 g/mol. The number of benzene rings is 1. The molecule has 0 unspecified atom stereocenters. The Kier molecular flexibility index (Phi) is 3.91. The number of aliphatic carboxylic acids is 1. The molecule has 96 valence electrons. The van der Waals surface area contributed by atoms with Crippen molar-refractivity contribution in [3.05, 3.63) is 29.8 Å². The van der Waals surface area contributed by atoms with Crippen molar-refractivity contribution in [2.45, 2.75) is 19.4 Å². The minimum atomic E-state index is -0.886. The van der Waals surface area contributed by atoms with E-state index in [-0.39, 0.29) is 23.5 Å². The summed E-state index contributed by atoms with van der Waals surface area (Å²) < 4.78 is 0. The lowest BCUT2D eigenvalue weighted by Crippen LogP contribution is -2.37. The molecule has 0 saturated heterocycles. The van der Waals surface area contributed by atoms with E-state index in [0.717, 1.165) is 23.9 Å². The molecule has 0 aliphatic carbocycles. The molecule has 2 rings (SSSR count). The monoisotopic (exact) mass is 265 g/mol. The van der Waals surface area contributed by atoms with Crippen molar-refractivity contribution in [1.82, 2.24) is 0 Å². The third-order valence-electron chi connectivity index (χ3n) is 2.93. The molecule has 1 N–H and O–H groups in total. The number of carboxylic acids is 1. The normalized spacial score (nSPS) is 17.6. The lowest BCUT2D eigenvalue weighted by molar-refractivity contribution is -0.133. The number of hydrogen-bond donors (Lipinski definition) is 1. The molecular formula is C13H15NO3S. The van der Waals surface area contributed by atoms with E-state index in [0.29, 0.717) is 0 Å². The Morgan fingerprint density at radius 2 is 2.11 bits per heavy atom. The molecule has 0 fully saturated rings. The van der Waals surface area contributed by atoms with Crippen LogP contribution in [0, 0.1) is 0 Å². The predicted molar refractivity (Wildman–Crippen MR) is 72.1 cm³/mol. The van der Waals surface area contributed by atoms with Gasteiger partial charge in [-0.3, -0.25) is 9.59 Å². The molecule has 1 heterocycles. The first kappa shape index (κ1) is 13.0. The van der Waals surface area contributed by atoms with Crippen molar-refractivity contribution in [3.63, 3.8) is 0 Å². The summed E-state index contributed by atoms with van der Waals surface area (Å²) in [6.45, 7) is 2.01. The molecule has 1 aliphatic rings. The predicted octanol–water partition coefficient (Wildman–Crippen LogP) is 1.78. The summed E-state index contributed by atoms with van der Waals surface area (Å²) in [5.41, 5.74) is 2.15. The molecule has 0 saturated carbocycles. The zero-order valence-electron chi connectivity index (χ0n) is 10.1. The van der Waals surface area contributed by atoms with E-state index < -0.39 is 5.97 Å². The molecule has 1 amide bonds. The number of hydrogen-bond acceptors (Lipinski definition) is 3. The maximum atomic E-state index is 12.1. The number of carboxylic acid groups (broad SMARTS) is 1. The third kappa shape index (κ3) is 2.67. The molecule has 1 aromatic carbocycles. The fraction of sp³-hybridized carbons (Fsp3) is 0.385. The average Bonchev–Trinajstić information content (AvgIpc) is 2.64. The number of carbonyl (C=O) groups is 2. The van der Waals surface area contributed by atoms with E-state index in [1.165, 1.54) is 5.56 Å². The van der Waals surface area contributed by atoms with Crippen LogP contribution in [0.15, 0.2) is 24.3 Å². The van der Waals surface area contributed by atoms with E-state index in [1.807, 2.05) is 31.2 Å². The average molecular weight is 265 g/mol. The fourth-order valence-corrected chi connectivity index (χ4v) is 2.83. The standard InChI is InChI=1S/C13H15NO3S/c1-9-6-10-4-2-3-5-11(10)14(9)12(15)7-18-8-13(16)17/h2-5,9H,6-8H2,1H3,(H,16,17)/t9-/m0/s1. The maximum absolute atomic E-state index is 12.1. The fourth-order valence-electron chi connectivity index (χ4n) is 2.24. The molecule has 1 aromatic rings. The van der Waals surface area contributed by atoms with Gasteiger partial charge in [0, 0.05) is 11.7 Å². The summed E-state index contributed by atoms with van der Waals surface area (Å²) in [6.07, 6.45) is 0.867. The van der Waals surface area contributed by atoms with Gasteiger partial charge < -0.3 is 10.0 Å². The highest BCUT2D eigenvalue weighted by atomic mass is 32.2. The van der Waals surface area contributed by atoms with E-state index in [2.05, 4.69) is 0 Å². The van der Waals surface area contributed by atoms with E-state index >= 15 is 0 Å². The molecule has 0 spiro atoms. The molecule has 0 bridgehead atoms. The van der Waals surface area contributed by atoms with Crippen molar-refractivity contribution >= 4 is 29.3 Å². The van der Waals surface area contributed by atoms with Gasteiger partial charge in [-0.15, -0.1) is 11.8 Å². The van der Waals surface area contributed by atoms with Crippen molar-refractivity contribution in [3.8, 4) is 0 Å². The largest absolute Gasteiger partial charge is 0.481 e. The highest BCUT2D eigenvalue weighted by Crippen LogP contribution is 2.32. The zero-order chi connectivity index (χ0) is 13.1. The van der Waals surface area contributed by atoms with Gasteiger partial charge in [-0.1, -0.05) is 18.2 Å². The Balaban J connectivity index is 2.04. The summed E-state index contributed by atoms with van der Waals surface area (Å²) >= 11 is 1.14. The summed E-state index contributed by atoms with van der Waals surface area (Å²) in [4.78, 5) is 24.3. The van der Waals surface area contributed by atoms with Gasteiger partial charge in [-0.05, 0) is 25.0 Å². The van der Waals surface area contributed by atoms with Crippen LogP contribution in [0.2, 0.25) is 0 Å². The topological polar surface area (TPSA) is 57.6 Å². The molecule has 4 nitrogen and oxygen atoms in total. The van der Waals surface area contributed by atoms with Crippen LogP contribution < -0.4 is 4.90 Å². The van der Waals surface area contributed by atoms with Gasteiger partial charge in [0.25, 0.3) is 0 Å². The van der Waals surface area contributed by atoms with Crippen molar-refractivity contribution in [1.29, 1.82) is 0 Å². The van der Waals surface area contributed by atoms with Crippen molar-refractivity contribution in [2.75, 3.05) is 16.4 Å². The van der Waals surface area contributed by atoms with Crippen LogP contribution in [-0.4, -0.2) is 34.5 Å². The third-order valence-corrected chi connectivity index (χ3v) is 3.83. The van der Waals surface area contributed by atoms with Gasteiger partial charge in [-0.2, -0.15) is 0 Å². The van der Waals surface area contributed by atoms with E-state index in [4.69, 9.17) is 5.11 Å². The van der Waals surface area contributed by atoms with Crippen LogP contribution >= 0.6 is 11.8 Å². The summed E-state index contributed by atoms with van der Waals surface area (Å²) in [5.74, 6) is -0.720. The first-order valence-electron chi connectivity index (χ1n) is 5.79. The van der Waals surface area contributed by atoms with Gasteiger partial charge in [0.15, 0.2) is 0 Å². The molecule has 1 atom stereocenters. The Hall–Kier alpha value is -1.49. The van der Waals surface area contributed by atoms with Gasteiger partial charge in [0.1, 0.15) is 0 Å². The number of carbonyl (C=O) groups excluding carboxylic acids is 1. The highest BCUT2D eigenvalue weighted by Gasteiger charge is 2.30. The van der Waals surface area contributed by atoms with E-state index in [1.54, 1.807) is 4.90 Å². The number of amides is 1. The van der Waals surface area contributed by atoms with Gasteiger partial charge in [0.05, 0.1) is 11.5 Å². The SMILES string of the molecule is C[C@H]1Cc2ccccc2N1C(=O)CSCC(=O)O. The van der Waals surface area contributed by atoms with Crippen LogP contribution in [0.25, 0.3) is 0 Å². The number of para-hydroxylation sites is 1. The van der Waals surface area contributed by atoms with Gasteiger partial charge in [-0.25, -0.2) is 0 Å². The Labute approximate surface area is 110 Å². The van der Waals surface area contributed by atoms with Crippen LogP contribution in [-0.2, 0) is 16.0 Å². The molecule has 0 aromatic heterocycles. The second-order valence-electron chi connectivity index (χ2n) is 4.33. The maximum Gasteiger partial charge on any atom is 0.313 e. The van der Waals surface area contributed by atoms with Crippen molar-refractivity contribution in [2.24, 2.45) is 0 Å². The molecule has 18 heavy (non-hydrogen) atoms. The summed E-state index contributed by atoms with van der Waals surface area (Å²) in [7, 11) is 0. The molecule has 5 heteroatoms. The first-order valence-corrected chi connectivity index (χ1v) is 6.94. The molecule has 1 aliphatic heterocycles. The summed E-state index contributed by atoms with van der Waals surface area (Å²) in [5, 5.41) is 8.56. The minimum Gasteiger partial charge on any atom is -0.481 e. The number of nitrogens with zero attached hydrogens (tertiary/aromatic N) is 1. The van der Waals surface area contributed by atoms with Crippen LogP contribution in [0.5, 0.6) is 0 Å². The van der Waals surface area contributed by atoms with Crippen molar-refractivity contribution < 1.29 is 14.7 Å². The Morgan fingerprint density at radius 3 is 2.83 bits per heavy atom. The Bertz CT molecular complexity index is 475. The second kappa shape index (κ2) is 5.44. The second-order valence-corrected chi connectivity index (χ2v) is 5.32. The lowest BCUT2D eigenvalue weighted by Gasteiger charge is -2.22. The van der Waals surface area contributed by atoms with E-state index in [9.17, 15) is 9.59 Å². The number of rotatable bonds is 4. The number of fused-ring (bicyclic) bond motifs is 1. The quantitative estimate of drug-likeness (QED) is 0.901. The summed E-state index contributed by atoms with van der Waals surface area (Å²) in [6, 6.07) is 8.02. The highest BCUT2D eigenvalue weighted by molar-refractivity contribution is 8.00. The molecule has 0 radical (unpaired) electrons. The van der Waals surface area contributed by atoms with Crippen LogP contribution in [0.4, 0.5) is 5.69 Å². The minimum absolute atomic E-state index is 0.0151.